The van der Waals surface area contributed by atoms with Crippen molar-refractivity contribution in [2.24, 2.45) is 0 Å². The first-order valence-electron chi connectivity index (χ1n) is 14.0. The lowest BCUT2D eigenvalue weighted by molar-refractivity contribution is 0.0656. The van der Waals surface area contributed by atoms with Crippen molar-refractivity contribution in [2.75, 3.05) is 13.6 Å². The van der Waals surface area contributed by atoms with Gasteiger partial charge in [-0.1, -0.05) is 66.7 Å². The second-order valence-electron chi connectivity index (χ2n) is 10.6. The summed E-state index contributed by atoms with van der Waals surface area (Å²) in [7, 11) is 1.97. The van der Waals surface area contributed by atoms with Gasteiger partial charge >= 0.3 is 0 Å². The fourth-order valence-corrected chi connectivity index (χ4v) is 4.81. The maximum absolute atomic E-state index is 13.4. The van der Waals surface area contributed by atoms with Crippen LogP contribution in [0.15, 0.2) is 101 Å². The van der Waals surface area contributed by atoms with Crippen LogP contribution in [0.4, 0.5) is 0 Å². The first kappa shape index (κ1) is 29.8. The molecule has 1 heterocycles. The summed E-state index contributed by atoms with van der Waals surface area (Å²) in [6, 6.07) is 29.4. The third kappa shape index (κ3) is 8.16. The minimum Gasteiger partial charge on any atom is -0.464 e. The highest BCUT2D eigenvalue weighted by atomic mass is 16.3. The number of carbonyl (C=O) groups excluding carboxylic acids is 2. The van der Waals surface area contributed by atoms with E-state index in [1.54, 1.807) is 24.3 Å². The van der Waals surface area contributed by atoms with Crippen LogP contribution in [0.3, 0.4) is 0 Å². The minimum absolute atomic E-state index is 0.0848. The molecule has 3 aromatic carbocycles. The van der Waals surface area contributed by atoms with Crippen molar-refractivity contribution in [3.63, 3.8) is 0 Å². The van der Waals surface area contributed by atoms with Gasteiger partial charge in [-0.25, -0.2) is 0 Å². The number of benzene rings is 3. The Morgan fingerprint density at radius 1 is 0.829 bits per heavy atom. The lowest BCUT2D eigenvalue weighted by Crippen LogP contribution is -2.49. The molecule has 7 heteroatoms. The molecule has 1 unspecified atom stereocenters. The van der Waals surface area contributed by atoms with Gasteiger partial charge in [0.25, 0.3) is 11.8 Å². The zero-order chi connectivity index (χ0) is 29.4. The number of nitrogens with zero attached hydrogens (tertiary/aromatic N) is 1. The van der Waals surface area contributed by atoms with Crippen molar-refractivity contribution in [1.29, 1.82) is 0 Å². The highest BCUT2D eigenvalue weighted by Gasteiger charge is 2.26. The number of carbonyl (C=O) groups is 2. The topological polar surface area (TPSA) is 94.8 Å². The zero-order valence-electron chi connectivity index (χ0n) is 24.1. The summed E-state index contributed by atoms with van der Waals surface area (Å²) in [5, 5.41) is 17.3. The molecular weight excluding hydrogens is 514 g/mol. The largest absolute Gasteiger partial charge is 0.464 e. The Hall–Kier alpha value is -4.20. The van der Waals surface area contributed by atoms with Crippen LogP contribution in [0.2, 0.25) is 0 Å². The monoisotopic (exact) mass is 553 g/mol. The molecule has 7 nitrogen and oxygen atoms in total. The summed E-state index contributed by atoms with van der Waals surface area (Å²) in [4.78, 5) is 28.5. The molecule has 0 aliphatic carbocycles. The number of furan rings is 1. The summed E-state index contributed by atoms with van der Waals surface area (Å²) in [6.45, 7) is 6.15. The second kappa shape index (κ2) is 13.9. The Balaban J connectivity index is 1.46. The number of nitrogens with one attached hydrogen (secondary N) is 2. The molecule has 0 saturated carbocycles. The van der Waals surface area contributed by atoms with Gasteiger partial charge in [-0.15, -0.1) is 0 Å². The van der Waals surface area contributed by atoms with Crippen LogP contribution in [0.1, 0.15) is 69.3 Å². The van der Waals surface area contributed by atoms with Crippen LogP contribution in [-0.2, 0) is 6.42 Å². The van der Waals surface area contributed by atoms with Gasteiger partial charge in [-0.3, -0.25) is 14.5 Å². The smallest absolute Gasteiger partial charge is 0.251 e. The quantitative estimate of drug-likeness (QED) is 0.216. The molecule has 4 rings (SSSR count). The summed E-state index contributed by atoms with van der Waals surface area (Å²) < 4.78 is 5.62. The molecule has 0 bridgehead atoms. The maximum atomic E-state index is 13.4. The van der Waals surface area contributed by atoms with Gasteiger partial charge in [-0.05, 0) is 75.7 Å². The first-order valence-corrected chi connectivity index (χ1v) is 14.0. The van der Waals surface area contributed by atoms with Crippen molar-refractivity contribution in [2.45, 2.75) is 51.4 Å². The molecule has 0 fully saturated rings. The molecular formula is C34H39N3O4. The number of rotatable bonds is 12. The lowest BCUT2D eigenvalue weighted by atomic mass is 9.99. The molecule has 2 amide bonds. The van der Waals surface area contributed by atoms with Crippen LogP contribution in [0.5, 0.6) is 0 Å². The third-order valence-corrected chi connectivity index (χ3v) is 7.42. The highest BCUT2D eigenvalue weighted by molar-refractivity contribution is 5.99. The van der Waals surface area contributed by atoms with Crippen LogP contribution in [-0.4, -0.2) is 47.6 Å². The SMILES string of the molecule is Cc1ccc(C(C)NC(=O)c2cccc(C(=O)N[C@@H](Cc3ccccc3)[C@H](O)CN(C)[C@@H](C)c3ccccc3)c2)o1. The van der Waals surface area contributed by atoms with Gasteiger partial charge in [-0.2, -0.15) is 0 Å². The van der Waals surface area contributed by atoms with Gasteiger partial charge in [0.2, 0.25) is 0 Å². The fraction of sp³-hybridized carbons (Fsp3) is 0.294. The predicted octanol–water partition coefficient (Wildman–Crippen LogP) is 5.47. The Labute approximate surface area is 242 Å². The van der Waals surface area contributed by atoms with Gasteiger partial charge in [0.1, 0.15) is 11.5 Å². The molecule has 41 heavy (non-hydrogen) atoms. The molecule has 214 valence electrons. The number of likely N-dealkylation sites (N-methyl/N-ethyl adjacent to an activating group) is 1. The number of amides is 2. The molecule has 0 aliphatic rings. The normalized spacial score (nSPS) is 14.2. The maximum Gasteiger partial charge on any atom is 0.251 e. The Bertz CT molecular complexity index is 1420. The van der Waals surface area contributed by atoms with E-state index in [2.05, 4.69) is 34.6 Å². The summed E-state index contributed by atoms with van der Waals surface area (Å²) in [5.74, 6) is 0.772. The van der Waals surface area contributed by atoms with E-state index >= 15 is 0 Å². The molecule has 0 saturated heterocycles. The number of aliphatic hydroxyl groups is 1. The van der Waals surface area contributed by atoms with Crippen molar-refractivity contribution >= 4 is 11.8 Å². The van der Waals surface area contributed by atoms with E-state index in [1.165, 1.54) is 0 Å². The van der Waals surface area contributed by atoms with Crippen LogP contribution >= 0.6 is 0 Å². The Morgan fingerprint density at radius 3 is 2.05 bits per heavy atom. The molecule has 4 atom stereocenters. The van der Waals surface area contributed by atoms with E-state index in [0.717, 1.165) is 16.9 Å². The average Bonchev–Trinajstić information content (AvgIpc) is 3.43. The zero-order valence-corrected chi connectivity index (χ0v) is 24.1. The summed E-state index contributed by atoms with van der Waals surface area (Å²) in [6.07, 6.45) is -0.374. The van der Waals surface area contributed by atoms with Gasteiger partial charge < -0.3 is 20.2 Å². The summed E-state index contributed by atoms with van der Waals surface area (Å²) in [5.41, 5.74) is 2.86. The van der Waals surface area contributed by atoms with E-state index in [-0.39, 0.29) is 23.9 Å². The van der Waals surface area contributed by atoms with Gasteiger partial charge in [0.15, 0.2) is 0 Å². The van der Waals surface area contributed by atoms with E-state index < -0.39 is 12.1 Å². The number of aliphatic hydroxyl groups excluding tert-OH is 1. The van der Waals surface area contributed by atoms with Gasteiger partial charge in [0.05, 0.1) is 18.2 Å². The number of aryl methyl sites for hydroxylation is 1. The minimum atomic E-state index is -0.834. The van der Waals surface area contributed by atoms with E-state index in [0.29, 0.717) is 29.9 Å². The fourth-order valence-electron chi connectivity index (χ4n) is 4.81. The Kier molecular flexibility index (Phi) is 10.1. The lowest BCUT2D eigenvalue weighted by Gasteiger charge is -2.31. The van der Waals surface area contributed by atoms with Crippen LogP contribution in [0.25, 0.3) is 0 Å². The molecule has 3 N–H and O–H groups in total. The van der Waals surface area contributed by atoms with E-state index in [9.17, 15) is 14.7 Å². The Morgan fingerprint density at radius 2 is 1.44 bits per heavy atom. The van der Waals surface area contributed by atoms with Crippen molar-refractivity contribution in [3.8, 4) is 0 Å². The molecule has 0 spiro atoms. The number of hydrogen-bond donors (Lipinski definition) is 3. The van der Waals surface area contributed by atoms with Gasteiger partial charge in [0, 0.05) is 23.7 Å². The third-order valence-electron chi connectivity index (χ3n) is 7.42. The van der Waals surface area contributed by atoms with Crippen LogP contribution in [0, 0.1) is 6.92 Å². The summed E-state index contributed by atoms with van der Waals surface area (Å²) >= 11 is 0. The molecule has 0 aliphatic heterocycles. The van der Waals surface area contributed by atoms with E-state index in [1.807, 2.05) is 81.6 Å². The predicted molar refractivity (Wildman–Crippen MR) is 161 cm³/mol. The average molecular weight is 554 g/mol. The molecule has 0 radical (unpaired) electrons. The first-order chi connectivity index (χ1) is 19.7. The van der Waals surface area contributed by atoms with Crippen molar-refractivity contribution in [1.82, 2.24) is 15.5 Å². The molecule has 1 aromatic heterocycles. The van der Waals surface area contributed by atoms with Crippen LogP contribution < -0.4 is 10.6 Å². The van der Waals surface area contributed by atoms with Crippen molar-refractivity contribution < 1.29 is 19.1 Å². The van der Waals surface area contributed by atoms with E-state index in [4.69, 9.17) is 4.42 Å². The molecule has 4 aromatic rings. The van der Waals surface area contributed by atoms with Crippen molar-refractivity contribution in [3.05, 3.63) is 131 Å². The standard InChI is InChI=1S/C34H39N3O4/c1-23-18-19-32(41-23)24(2)35-33(39)28-16-11-17-29(21-28)34(40)36-30(20-26-12-7-5-8-13-26)31(38)22-37(4)25(3)27-14-9-6-10-15-27/h5-19,21,24-25,30-31,38H,20,22H2,1-4H3,(H,35,39)(H,36,40)/t24?,25-,30-,31+/m0/s1. The second-order valence-corrected chi connectivity index (χ2v) is 10.6. The number of hydrogen-bond acceptors (Lipinski definition) is 5. The highest BCUT2D eigenvalue weighted by Crippen LogP contribution is 2.20.